The van der Waals surface area contributed by atoms with Crippen molar-refractivity contribution in [3.8, 4) is 39.1 Å². The highest BCUT2D eigenvalue weighted by Gasteiger charge is 2.24. The molecule has 0 atom stereocenters. The van der Waals surface area contributed by atoms with E-state index in [-0.39, 0.29) is 0 Å². The van der Waals surface area contributed by atoms with Crippen LogP contribution in [0.5, 0.6) is 0 Å². The van der Waals surface area contributed by atoms with Crippen molar-refractivity contribution in [2.24, 2.45) is 0 Å². The molecule has 0 aliphatic heterocycles. The predicted molar refractivity (Wildman–Crippen MR) is 282 cm³/mol. The molecule has 2 heteroatoms. The van der Waals surface area contributed by atoms with Crippen LogP contribution in [0.2, 0.25) is 0 Å². The highest BCUT2D eigenvalue weighted by molar-refractivity contribution is 6.23. The Bertz CT molecular complexity index is 3990. The van der Waals surface area contributed by atoms with Crippen LogP contribution < -0.4 is 4.90 Å². The highest BCUT2D eigenvalue weighted by atomic mass is 15.1. The third-order valence-electron chi connectivity index (χ3n) is 13.5. The fourth-order valence-corrected chi connectivity index (χ4v) is 10.5. The van der Waals surface area contributed by atoms with Crippen LogP contribution in [0, 0.1) is 0 Å². The van der Waals surface area contributed by atoms with Crippen LogP contribution in [-0.4, -0.2) is 4.57 Å². The highest BCUT2D eigenvalue weighted by Crippen LogP contribution is 2.49. The van der Waals surface area contributed by atoms with Crippen molar-refractivity contribution < 1.29 is 0 Å². The molecule has 0 aliphatic rings. The molecule has 13 rings (SSSR count). The van der Waals surface area contributed by atoms with Crippen molar-refractivity contribution in [2.75, 3.05) is 4.90 Å². The van der Waals surface area contributed by atoms with Crippen molar-refractivity contribution in [3.63, 3.8) is 0 Å². The first-order chi connectivity index (χ1) is 32.7. The van der Waals surface area contributed by atoms with Crippen LogP contribution in [-0.2, 0) is 0 Å². The summed E-state index contributed by atoms with van der Waals surface area (Å²) >= 11 is 0. The number of anilines is 3. The maximum absolute atomic E-state index is 2.50. The average Bonchev–Trinajstić information content (AvgIpc) is 3.73. The van der Waals surface area contributed by atoms with E-state index >= 15 is 0 Å². The van der Waals surface area contributed by atoms with Crippen molar-refractivity contribution in [3.05, 3.63) is 255 Å². The summed E-state index contributed by atoms with van der Waals surface area (Å²) in [6.07, 6.45) is 0. The van der Waals surface area contributed by atoms with Gasteiger partial charge in [0.25, 0.3) is 0 Å². The molecule has 0 aliphatic carbocycles. The maximum atomic E-state index is 2.50. The zero-order valence-corrected chi connectivity index (χ0v) is 36.1. The number of hydrogen-bond donors (Lipinski definition) is 0. The zero-order valence-electron chi connectivity index (χ0n) is 36.1. The molecule has 0 saturated carbocycles. The average molecular weight is 839 g/mol. The summed E-state index contributed by atoms with van der Waals surface area (Å²) in [5.74, 6) is 0. The third kappa shape index (κ3) is 6.18. The number of hydrogen-bond acceptors (Lipinski definition) is 1. The van der Waals surface area contributed by atoms with E-state index in [0.717, 1.165) is 33.8 Å². The quantitative estimate of drug-likeness (QED) is 0.145. The first-order valence-electron chi connectivity index (χ1n) is 22.8. The van der Waals surface area contributed by atoms with Crippen LogP contribution >= 0.6 is 0 Å². The summed E-state index contributed by atoms with van der Waals surface area (Å²) in [5.41, 5.74) is 14.0. The summed E-state index contributed by atoms with van der Waals surface area (Å²) in [6.45, 7) is 0. The minimum atomic E-state index is 1.08. The molecule has 0 saturated heterocycles. The Morgan fingerprint density at radius 2 is 0.803 bits per heavy atom. The minimum absolute atomic E-state index is 1.08. The monoisotopic (exact) mass is 838 g/mol. The smallest absolute Gasteiger partial charge is 0.0562 e. The van der Waals surface area contributed by atoms with Gasteiger partial charge in [0.1, 0.15) is 0 Å². The number of benzene rings is 12. The van der Waals surface area contributed by atoms with Crippen molar-refractivity contribution >= 4 is 82.0 Å². The van der Waals surface area contributed by atoms with E-state index in [9.17, 15) is 0 Å². The first-order valence-corrected chi connectivity index (χ1v) is 22.8. The minimum Gasteiger partial charge on any atom is -0.310 e. The van der Waals surface area contributed by atoms with E-state index in [1.807, 2.05) is 0 Å². The summed E-state index contributed by atoms with van der Waals surface area (Å²) in [5, 5.41) is 12.2. The zero-order chi connectivity index (χ0) is 43.6. The van der Waals surface area contributed by atoms with Gasteiger partial charge in [0.05, 0.1) is 16.7 Å². The van der Waals surface area contributed by atoms with Gasteiger partial charge in [-0.25, -0.2) is 0 Å². The number of nitrogens with zero attached hydrogens (tertiary/aromatic N) is 2. The normalized spacial score (nSPS) is 11.6. The van der Waals surface area contributed by atoms with Crippen LogP contribution in [0.15, 0.2) is 255 Å². The molecule has 1 aromatic heterocycles. The Morgan fingerprint density at radius 3 is 1.56 bits per heavy atom. The van der Waals surface area contributed by atoms with Gasteiger partial charge in [-0.2, -0.15) is 0 Å². The molecular weight excluding hydrogens is 797 g/mol. The van der Waals surface area contributed by atoms with E-state index < -0.39 is 0 Å². The van der Waals surface area contributed by atoms with Gasteiger partial charge in [-0.05, 0) is 137 Å². The van der Waals surface area contributed by atoms with E-state index in [2.05, 4.69) is 264 Å². The van der Waals surface area contributed by atoms with Gasteiger partial charge in [-0.1, -0.05) is 194 Å². The van der Waals surface area contributed by atoms with Crippen LogP contribution in [0.1, 0.15) is 0 Å². The van der Waals surface area contributed by atoms with Crippen LogP contribution in [0.3, 0.4) is 0 Å². The lowest BCUT2D eigenvalue weighted by Crippen LogP contribution is -2.11. The lowest BCUT2D eigenvalue weighted by molar-refractivity contribution is 1.18. The van der Waals surface area contributed by atoms with Crippen molar-refractivity contribution in [1.82, 2.24) is 4.57 Å². The molecular formula is C64H42N2. The molecule has 308 valence electrons. The molecule has 0 N–H and O–H groups in total. The standard InChI is InChI=1S/C64H42N2/c1-3-19-45(20-4-1)62-56-28-12-11-27-54(56)55-38-37-53(42-58(55)63(62)46-21-5-2-6-22-46)65(51-26-15-25-49(41-51)50-34-33-43-17-7-9-23-47(43)39-50)60-31-16-32-61-64(60)57-29-13-14-30-59(57)66(61)52-36-35-44-18-8-10-24-48(44)40-52/h1-42H. The lowest BCUT2D eigenvalue weighted by atomic mass is 9.85. The lowest BCUT2D eigenvalue weighted by Gasteiger charge is -2.28. The fourth-order valence-electron chi connectivity index (χ4n) is 10.5. The second-order valence-corrected chi connectivity index (χ2v) is 17.3. The number of aromatic nitrogens is 1. The molecule has 0 unspecified atom stereocenters. The van der Waals surface area contributed by atoms with E-state index in [4.69, 9.17) is 0 Å². The summed E-state index contributed by atoms with van der Waals surface area (Å²) < 4.78 is 2.44. The Balaban J connectivity index is 1.12. The van der Waals surface area contributed by atoms with Gasteiger partial charge in [0.15, 0.2) is 0 Å². The van der Waals surface area contributed by atoms with Crippen molar-refractivity contribution in [2.45, 2.75) is 0 Å². The summed E-state index contributed by atoms with van der Waals surface area (Å²) in [4.78, 5) is 2.50. The molecule has 2 nitrogen and oxygen atoms in total. The molecule has 13 aromatic rings. The molecule has 0 fully saturated rings. The fraction of sp³-hybridized carbons (Fsp3) is 0. The molecule has 12 aromatic carbocycles. The van der Waals surface area contributed by atoms with Gasteiger partial charge in [-0.15, -0.1) is 0 Å². The second kappa shape index (κ2) is 15.5. The number of rotatable bonds is 7. The SMILES string of the molecule is c1ccc(-c2c(-c3ccccc3)c3cc(N(c4cccc(-c5ccc6ccccc6c5)c4)c4cccc5c4c4ccccc4n5-c4ccc5ccccc5c4)ccc3c3ccccc23)cc1. The molecule has 1 heterocycles. The van der Waals surface area contributed by atoms with Gasteiger partial charge in [0, 0.05) is 27.8 Å². The van der Waals surface area contributed by atoms with Gasteiger partial charge in [-0.3, -0.25) is 0 Å². The molecule has 0 bridgehead atoms. The molecule has 0 radical (unpaired) electrons. The molecule has 0 spiro atoms. The van der Waals surface area contributed by atoms with Crippen LogP contribution in [0.25, 0.3) is 104 Å². The third-order valence-corrected chi connectivity index (χ3v) is 13.5. The van der Waals surface area contributed by atoms with Crippen LogP contribution in [0.4, 0.5) is 17.1 Å². The Kier molecular flexibility index (Phi) is 8.89. The molecule has 66 heavy (non-hydrogen) atoms. The maximum Gasteiger partial charge on any atom is 0.0562 e. The first kappa shape index (κ1) is 37.8. The Labute approximate surface area is 383 Å². The summed E-state index contributed by atoms with van der Waals surface area (Å²) in [7, 11) is 0. The number of para-hydroxylation sites is 1. The second-order valence-electron chi connectivity index (χ2n) is 17.3. The largest absolute Gasteiger partial charge is 0.310 e. The van der Waals surface area contributed by atoms with Gasteiger partial charge < -0.3 is 9.47 Å². The topological polar surface area (TPSA) is 8.17 Å². The predicted octanol–water partition coefficient (Wildman–Crippen LogP) is 17.9. The molecule has 0 amide bonds. The van der Waals surface area contributed by atoms with E-state index in [1.165, 1.54) is 87.2 Å². The van der Waals surface area contributed by atoms with Gasteiger partial charge in [0.2, 0.25) is 0 Å². The van der Waals surface area contributed by atoms with E-state index in [1.54, 1.807) is 0 Å². The van der Waals surface area contributed by atoms with E-state index in [0.29, 0.717) is 0 Å². The Morgan fingerprint density at radius 1 is 0.273 bits per heavy atom. The summed E-state index contributed by atoms with van der Waals surface area (Å²) in [6, 6.07) is 93.5. The number of fused-ring (bicyclic) bond motifs is 8. The van der Waals surface area contributed by atoms with Gasteiger partial charge >= 0.3 is 0 Å². The van der Waals surface area contributed by atoms with Crippen molar-refractivity contribution in [1.29, 1.82) is 0 Å². The Hall–Kier alpha value is -8.72.